The van der Waals surface area contributed by atoms with Crippen molar-refractivity contribution >= 4 is 0 Å². The van der Waals surface area contributed by atoms with Gasteiger partial charge in [0.2, 0.25) is 0 Å². The van der Waals surface area contributed by atoms with E-state index in [1.165, 1.54) is 0 Å². The third-order valence-corrected chi connectivity index (χ3v) is 2.31. The molecule has 86 valence electrons. The first-order chi connectivity index (χ1) is 6.38. The minimum atomic E-state index is -4.12. The zero-order valence-corrected chi connectivity index (χ0v) is 9.12. The third-order valence-electron chi connectivity index (χ3n) is 2.31. The molecule has 4 heteroatoms. The summed E-state index contributed by atoms with van der Waals surface area (Å²) in [7, 11) is 0. The minimum Gasteiger partial charge on any atom is -0.306 e. The maximum absolute atomic E-state index is 12.1. The highest BCUT2D eigenvalue weighted by molar-refractivity contribution is 4.70. The summed E-state index contributed by atoms with van der Waals surface area (Å²) in [6, 6.07) is -1.40. The Morgan fingerprint density at radius 1 is 1.21 bits per heavy atom. The minimum absolute atomic E-state index is 0.319. The molecule has 0 aliphatic heterocycles. The van der Waals surface area contributed by atoms with Crippen molar-refractivity contribution in [1.29, 1.82) is 0 Å². The molecule has 0 radical (unpaired) electrons. The Kier molecular flexibility index (Phi) is 6.16. The predicted molar refractivity (Wildman–Crippen MR) is 52.2 cm³/mol. The fourth-order valence-corrected chi connectivity index (χ4v) is 1.15. The zero-order chi connectivity index (χ0) is 11.2. The van der Waals surface area contributed by atoms with Gasteiger partial charge >= 0.3 is 6.18 Å². The molecular formula is C10H20F3N. The van der Waals surface area contributed by atoms with Gasteiger partial charge in [0, 0.05) is 0 Å². The van der Waals surface area contributed by atoms with E-state index >= 15 is 0 Å². The number of nitrogens with one attached hydrogen (secondary N) is 1. The van der Waals surface area contributed by atoms with Gasteiger partial charge in [-0.25, -0.2) is 0 Å². The second-order valence-electron chi connectivity index (χ2n) is 3.92. The number of halogens is 3. The van der Waals surface area contributed by atoms with E-state index in [0.717, 1.165) is 26.2 Å². The predicted octanol–water partition coefficient (Wildman–Crippen LogP) is 3.35. The van der Waals surface area contributed by atoms with E-state index in [4.69, 9.17) is 0 Å². The van der Waals surface area contributed by atoms with Crippen LogP contribution in [0.25, 0.3) is 0 Å². The van der Waals surface area contributed by atoms with Crippen LogP contribution in [0.15, 0.2) is 0 Å². The molecule has 0 saturated carbocycles. The first kappa shape index (κ1) is 13.8. The lowest BCUT2D eigenvalue weighted by atomic mass is 10.0. The van der Waals surface area contributed by atoms with Crippen molar-refractivity contribution in [1.82, 2.24) is 5.32 Å². The van der Waals surface area contributed by atoms with Crippen LogP contribution in [0.5, 0.6) is 0 Å². The highest BCUT2D eigenvalue weighted by Gasteiger charge is 2.35. The van der Waals surface area contributed by atoms with Crippen LogP contribution in [-0.2, 0) is 0 Å². The quantitative estimate of drug-likeness (QED) is 0.710. The molecule has 1 unspecified atom stereocenters. The van der Waals surface area contributed by atoms with Crippen LogP contribution in [0.1, 0.15) is 40.0 Å². The number of hydrogen-bond acceptors (Lipinski definition) is 1. The van der Waals surface area contributed by atoms with Gasteiger partial charge in [-0.1, -0.05) is 26.7 Å². The molecule has 0 saturated heterocycles. The molecule has 0 rings (SSSR count). The van der Waals surface area contributed by atoms with Gasteiger partial charge in [0.25, 0.3) is 0 Å². The molecule has 1 nitrogen and oxygen atoms in total. The lowest BCUT2D eigenvalue weighted by Gasteiger charge is -2.19. The third kappa shape index (κ3) is 6.24. The van der Waals surface area contributed by atoms with Gasteiger partial charge in [-0.3, -0.25) is 0 Å². The summed E-state index contributed by atoms with van der Waals surface area (Å²) in [4.78, 5) is 0. The summed E-state index contributed by atoms with van der Waals surface area (Å²) in [5, 5.41) is 2.51. The van der Waals surface area contributed by atoms with E-state index < -0.39 is 12.2 Å². The summed E-state index contributed by atoms with van der Waals surface area (Å²) < 4.78 is 36.3. The maximum atomic E-state index is 12.1. The van der Waals surface area contributed by atoms with Crippen molar-refractivity contribution in [2.75, 3.05) is 6.54 Å². The lowest BCUT2D eigenvalue weighted by molar-refractivity contribution is -0.151. The van der Waals surface area contributed by atoms with Crippen molar-refractivity contribution in [3.8, 4) is 0 Å². The van der Waals surface area contributed by atoms with Gasteiger partial charge in [0.15, 0.2) is 0 Å². The molecular weight excluding hydrogens is 191 g/mol. The molecule has 0 aromatic rings. The highest BCUT2D eigenvalue weighted by atomic mass is 19.4. The Labute approximate surface area is 84.1 Å². The van der Waals surface area contributed by atoms with Crippen LogP contribution >= 0.6 is 0 Å². The first-order valence-corrected chi connectivity index (χ1v) is 5.18. The van der Waals surface area contributed by atoms with E-state index in [0.29, 0.717) is 12.5 Å². The molecule has 0 heterocycles. The lowest BCUT2D eigenvalue weighted by Crippen LogP contribution is -2.41. The largest absolute Gasteiger partial charge is 0.403 e. The molecule has 0 aromatic heterocycles. The molecule has 2 atom stereocenters. The Bertz CT molecular complexity index is 145. The Balaban J connectivity index is 3.61. The zero-order valence-electron chi connectivity index (χ0n) is 9.12. The van der Waals surface area contributed by atoms with Gasteiger partial charge in [-0.05, 0) is 25.8 Å². The Hall–Kier alpha value is -0.250. The number of unbranched alkanes of at least 4 members (excludes halogenated alkanes) is 1. The molecule has 1 N–H and O–H groups in total. The van der Waals surface area contributed by atoms with Crippen molar-refractivity contribution in [3.63, 3.8) is 0 Å². The summed E-state index contributed by atoms with van der Waals surface area (Å²) in [6.45, 7) is 5.66. The molecule has 0 spiro atoms. The normalized spacial score (nSPS) is 16.7. The smallest absolute Gasteiger partial charge is 0.306 e. The molecule has 0 aromatic carbocycles. The monoisotopic (exact) mass is 211 g/mol. The Morgan fingerprint density at radius 3 is 2.21 bits per heavy atom. The topological polar surface area (TPSA) is 12.0 Å². The SMILES string of the molecule is CCCCC(C)CN[C@@H](C)C(F)(F)F. The van der Waals surface area contributed by atoms with Crippen LogP contribution in [0.3, 0.4) is 0 Å². The molecule has 0 bridgehead atoms. The fourth-order valence-electron chi connectivity index (χ4n) is 1.15. The van der Waals surface area contributed by atoms with Crippen LogP contribution in [0, 0.1) is 5.92 Å². The van der Waals surface area contributed by atoms with E-state index in [9.17, 15) is 13.2 Å². The number of rotatable bonds is 6. The van der Waals surface area contributed by atoms with Gasteiger partial charge < -0.3 is 5.32 Å². The van der Waals surface area contributed by atoms with Gasteiger partial charge in [-0.15, -0.1) is 0 Å². The molecule has 0 amide bonds. The van der Waals surface area contributed by atoms with Gasteiger partial charge in [0.1, 0.15) is 6.04 Å². The average molecular weight is 211 g/mol. The standard InChI is InChI=1S/C10H20F3N/c1-4-5-6-8(2)7-14-9(3)10(11,12)13/h8-9,14H,4-7H2,1-3H3/t8?,9-/m0/s1. The van der Waals surface area contributed by atoms with Gasteiger partial charge in [-0.2, -0.15) is 13.2 Å². The van der Waals surface area contributed by atoms with Crippen LogP contribution in [0.4, 0.5) is 13.2 Å². The van der Waals surface area contributed by atoms with E-state index in [2.05, 4.69) is 12.2 Å². The van der Waals surface area contributed by atoms with Crippen LogP contribution in [-0.4, -0.2) is 18.8 Å². The van der Waals surface area contributed by atoms with Crippen molar-refractivity contribution in [2.45, 2.75) is 52.3 Å². The molecule has 0 fully saturated rings. The van der Waals surface area contributed by atoms with Crippen LogP contribution in [0.2, 0.25) is 0 Å². The molecule has 14 heavy (non-hydrogen) atoms. The Morgan fingerprint density at radius 2 is 1.79 bits per heavy atom. The van der Waals surface area contributed by atoms with Crippen molar-refractivity contribution in [2.24, 2.45) is 5.92 Å². The second kappa shape index (κ2) is 6.27. The summed E-state index contributed by atoms with van der Waals surface area (Å²) in [5.41, 5.74) is 0. The van der Waals surface area contributed by atoms with Crippen molar-refractivity contribution in [3.05, 3.63) is 0 Å². The second-order valence-corrected chi connectivity index (χ2v) is 3.92. The first-order valence-electron chi connectivity index (χ1n) is 5.18. The highest BCUT2D eigenvalue weighted by Crippen LogP contribution is 2.19. The van der Waals surface area contributed by atoms with E-state index in [-0.39, 0.29) is 0 Å². The van der Waals surface area contributed by atoms with E-state index in [1.54, 1.807) is 0 Å². The maximum Gasteiger partial charge on any atom is 0.403 e. The summed E-state index contributed by atoms with van der Waals surface area (Å²) in [5.74, 6) is 0.319. The molecule has 0 aliphatic carbocycles. The van der Waals surface area contributed by atoms with Crippen LogP contribution < -0.4 is 5.32 Å². The fraction of sp³-hybridized carbons (Fsp3) is 1.00. The van der Waals surface area contributed by atoms with Gasteiger partial charge in [0.05, 0.1) is 0 Å². The number of hydrogen-bond donors (Lipinski definition) is 1. The average Bonchev–Trinajstić information content (AvgIpc) is 2.09. The summed E-state index contributed by atoms with van der Waals surface area (Å²) >= 11 is 0. The van der Waals surface area contributed by atoms with E-state index in [1.807, 2.05) is 6.92 Å². The summed E-state index contributed by atoms with van der Waals surface area (Å²) in [6.07, 6.45) is -0.943. The number of alkyl halides is 3. The molecule has 0 aliphatic rings. The van der Waals surface area contributed by atoms with Crippen molar-refractivity contribution < 1.29 is 13.2 Å².